The molecule has 1 aromatic heterocycles. The lowest BCUT2D eigenvalue weighted by Gasteiger charge is -2.12. The lowest BCUT2D eigenvalue weighted by atomic mass is 10.0. The average Bonchev–Trinajstić information content (AvgIpc) is 2.80. The van der Waals surface area contributed by atoms with E-state index in [1.165, 1.54) is 6.07 Å². The Labute approximate surface area is 110 Å². The molecule has 0 bridgehead atoms. The third kappa shape index (κ3) is 2.71. The summed E-state index contributed by atoms with van der Waals surface area (Å²) in [7, 11) is 0. The van der Waals surface area contributed by atoms with Gasteiger partial charge in [0.15, 0.2) is 0 Å². The number of nitrogens with two attached hydrogens (primary N) is 1. The highest BCUT2D eigenvalue weighted by Gasteiger charge is 2.14. The van der Waals surface area contributed by atoms with Crippen LogP contribution in [0.15, 0.2) is 30.6 Å². The second kappa shape index (κ2) is 5.50. The van der Waals surface area contributed by atoms with Gasteiger partial charge in [0.05, 0.1) is 11.2 Å². The molecule has 0 fully saturated rings. The summed E-state index contributed by atoms with van der Waals surface area (Å²) >= 11 is 5.74. The summed E-state index contributed by atoms with van der Waals surface area (Å²) in [5.74, 6) is -0.436. The number of nitrogens with zero attached hydrogens (tertiary/aromatic N) is 2. The van der Waals surface area contributed by atoms with Crippen LogP contribution in [0.25, 0.3) is 0 Å². The van der Waals surface area contributed by atoms with E-state index in [1.807, 2.05) is 17.8 Å². The molecule has 0 aliphatic rings. The van der Waals surface area contributed by atoms with Crippen molar-refractivity contribution in [3.8, 4) is 0 Å². The highest BCUT2D eigenvalue weighted by molar-refractivity contribution is 6.30. The van der Waals surface area contributed by atoms with Crippen molar-refractivity contribution >= 4 is 11.6 Å². The molecular formula is C13H15ClFN3. The van der Waals surface area contributed by atoms with Crippen LogP contribution in [0.3, 0.4) is 0 Å². The Kier molecular flexibility index (Phi) is 3.99. The third-order valence-corrected chi connectivity index (χ3v) is 3.14. The minimum absolute atomic E-state index is 0.104. The van der Waals surface area contributed by atoms with E-state index in [0.29, 0.717) is 12.0 Å². The summed E-state index contributed by atoms with van der Waals surface area (Å²) in [6.45, 7) is 2.81. The summed E-state index contributed by atoms with van der Waals surface area (Å²) in [6, 6.07) is 4.47. The van der Waals surface area contributed by atoms with E-state index in [2.05, 4.69) is 5.10 Å². The normalized spacial score (nSPS) is 12.7. The molecule has 1 heterocycles. The zero-order chi connectivity index (χ0) is 13.1. The molecule has 2 rings (SSSR count). The van der Waals surface area contributed by atoms with Crippen LogP contribution in [0, 0.1) is 5.82 Å². The lowest BCUT2D eigenvalue weighted by Crippen LogP contribution is -2.15. The van der Waals surface area contributed by atoms with Gasteiger partial charge in [-0.2, -0.15) is 5.10 Å². The zero-order valence-electron chi connectivity index (χ0n) is 10.1. The highest BCUT2D eigenvalue weighted by atomic mass is 35.5. The van der Waals surface area contributed by atoms with E-state index in [-0.39, 0.29) is 5.02 Å². The lowest BCUT2D eigenvalue weighted by molar-refractivity contribution is 0.580. The first-order valence-corrected chi connectivity index (χ1v) is 6.20. The van der Waals surface area contributed by atoms with Gasteiger partial charge in [0.25, 0.3) is 0 Å². The maximum absolute atomic E-state index is 13.8. The number of halogens is 2. The summed E-state index contributed by atoms with van der Waals surface area (Å²) in [6.07, 6.45) is 4.21. The van der Waals surface area contributed by atoms with Crippen LogP contribution in [0.2, 0.25) is 5.02 Å². The molecule has 18 heavy (non-hydrogen) atoms. The third-order valence-electron chi connectivity index (χ3n) is 2.85. The topological polar surface area (TPSA) is 43.8 Å². The first-order valence-electron chi connectivity index (χ1n) is 5.82. The number of hydrogen-bond acceptors (Lipinski definition) is 2. The number of aromatic nitrogens is 2. The van der Waals surface area contributed by atoms with Crippen LogP contribution >= 0.6 is 11.6 Å². The Bertz CT molecular complexity index is 539. The van der Waals surface area contributed by atoms with Crippen LogP contribution in [0.5, 0.6) is 0 Å². The van der Waals surface area contributed by atoms with Crippen molar-refractivity contribution in [1.29, 1.82) is 0 Å². The Balaban J connectivity index is 2.16. The molecule has 96 valence electrons. The van der Waals surface area contributed by atoms with Crippen molar-refractivity contribution in [3.05, 3.63) is 52.6 Å². The second-order valence-electron chi connectivity index (χ2n) is 4.16. The second-order valence-corrected chi connectivity index (χ2v) is 4.57. The summed E-state index contributed by atoms with van der Waals surface area (Å²) in [4.78, 5) is 0. The van der Waals surface area contributed by atoms with Crippen molar-refractivity contribution in [3.63, 3.8) is 0 Å². The first kappa shape index (κ1) is 13.1. The maximum atomic E-state index is 13.8. The van der Waals surface area contributed by atoms with Crippen LogP contribution in [-0.2, 0) is 13.0 Å². The fourth-order valence-electron chi connectivity index (χ4n) is 1.86. The molecule has 0 saturated heterocycles. The minimum Gasteiger partial charge on any atom is -0.324 e. The molecule has 0 aliphatic carbocycles. The Morgan fingerprint density at radius 1 is 1.50 bits per heavy atom. The molecule has 0 saturated carbocycles. The monoisotopic (exact) mass is 267 g/mol. The largest absolute Gasteiger partial charge is 0.324 e. The predicted octanol–water partition coefficient (Wildman–Crippen LogP) is 2.94. The first-order chi connectivity index (χ1) is 8.61. The molecule has 1 aromatic carbocycles. The van der Waals surface area contributed by atoms with Crippen molar-refractivity contribution in [1.82, 2.24) is 9.78 Å². The van der Waals surface area contributed by atoms with Gasteiger partial charge in [0.2, 0.25) is 0 Å². The predicted molar refractivity (Wildman–Crippen MR) is 69.9 cm³/mol. The number of hydrogen-bond donors (Lipinski definition) is 1. The van der Waals surface area contributed by atoms with Crippen LogP contribution in [0.4, 0.5) is 4.39 Å². The van der Waals surface area contributed by atoms with E-state index in [4.69, 9.17) is 17.3 Å². The molecule has 3 nitrogen and oxygen atoms in total. The van der Waals surface area contributed by atoms with Gasteiger partial charge in [-0.05, 0) is 25.0 Å². The summed E-state index contributed by atoms with van der Waals surface area (Å²) in [5.41, 5.74) is 7.44. The molecule has 0 aliphatic heterocycles. The van der Waals surface area contributed by atoms with Crippen molar-refractivity contribution in [2.45, 2.75) is 25.9 Å². The average molecular weight is 268 g/mol. The van der Waals surface area contributed by atoms with Crippen LogP contribution < -0.4 is 5.73 Å². The minimum atomic E-state index is -0.436. The molecule has 2 aromatic rings. The summed E-state index contributed by atoms with van der Waals surface area (Å²) in [5, 5.41) is 4.27. The maximum Gasteiger partial charge on any atom is 0.146 e. The van der Waals surface area contributed by atoms with Crippen LogP contribution in [-0.4, -0.2) is 9.78 Å². The molecule has 1 unspecified atom stereocenters. The summed E-state index contributed by atoms with van der Waals surface area (Å²) < 4.78 is 15.6. The fourth-order valence-corrected chi connectivity index (χ4v) is 2.04. The molecule has 5 heteroatoms. The smallest absolute Gasteiger partial charge is 0.146 e. The van der Waals surface area contributed by atoms with Gasteiger partial charge in [-0.15, -0.1) is 0 Å². The van der Waals surface area contributed by atoms with Crippen molar-refractivity contribution in [2.24, 2.45) is 5.73 Å². The Hall–Kier alpha value is -1.39. The van der Waals surface area contributed by atoms with E-state index < -0.39 is 11.9 Å². The number of benzene rings is 1. The molecule has 0 amide bonds. The van der Waals surface area contributed by atoms with Gasteiger partial charge in [-0.25, -0.2) is 4.39 Å². The highest BCUT2D eigenvalue weighted by Crippen LogP contribution is 2.24. The van der Waals surface area contributed by atoms with E-state index in [9.17, 15) is 4.39 Å². The SMILES string of the molecule is CCn1cc(CC(N)c2cccc(Cl)c2F)cn1. The molecule has 2 N–H and O–H groups in total. The van der Waals surface area contributed by atoms with E-state index in [0.717, 1.165) is 12.1 Å². The van der Waals surface area contributed by atoms with Gasteiger partial charge in [-0.3, -0.25) is 4.68 Å². The zero-order valence-corrected chi connectivity index (χ0v) is 10.9. The molecule has 0 radical (unpaired) electrons. The van der Waals surface area contributed by atoms with Crippen LogP contribution in [0.1, 0.15) is 24.1 Å². The van der Waals surface area contributed by atoms with Gasteiger partial charge >= 0.3 is 0 Å². The van der Waals surface area contributed by atoms with Crippen molar-refractivity contribution < 1.29 is 4.39 Å². The van der Waals surface area contributed by atoms with Gasteiger partial charge < -0.3 is 5.73 Å². The number of rotatable bonds is 4. The molecule has 1 atom stereocenters. The Morgan fingerprint density at radius 3 is 2.94 bits per heavy atom. The fraction of sp³-hybridized carbons (Fsp3) is 0.308. The standard InChI is InChI=1S/C13H15ClFN3/c1-2-18-8-9(7-17-18)6-12(16)10-4-3-5-11(14)13(10)15/h3-5,7-8,12H,2,6,16H2,1H3. The van der Waals surface area contributed by atoms with Gasteiger partial charge in [0, 0.05) is 24.3 Å². The molecule has 0 spiro atoms. The van der Waals surface area contributed by atoms with E-state index in [1.54, 1.807) is 18.3 Å². The number of aryl methyl sites for hydroxylation is 1. The quantitative estimate of drug-likeness (QED) is 0.926. The molecular weight excluding hydrogens is 253 g/mol. The van der Waals surface area contributed by atoms with Crippen molar-refractivity contribution in [2.75, 3.05) is 0 Å². The van der Waals surface area contributed by atoms with Gasteiger partial charge in [-0.1, -0.05) is 23.7 Å². The van der Waals surface area contributed by atoms with E-state index >= 15 is 0 Å². The Morgan fingerprint density at radius 2 is 2.28 bits per heavy atom. The van der Waals surface area contributed by atoms with Gasteiger partial charge in [0.1, 0.15) is 5.82 Å².